The van der Waals surface area contributed by atoms with Crippen LogP contribution < -0.4 is 15.4 Å². The van der Waals surface area contributed by atoms with Crippen LogP contribution in [0.4, 0.5) is 25.1 Å². The lowest BCUT2D eigenvalue weighted by Gasteiger charge is -2.41. The number of pyridine rings is 1. The molecule has 3 amide bonds. The Bertz CT molecular complexity index is 1680. The number of carbonyl (C=O) groups excluding carboxylic acids is 3. The average Bonchev–Trinajstić information content (AvgIpc) is 3.04. The van der Waals surface area contributed by atoms with Crippen molar-refractivity contribution in [3.05, 3.63) is 77.9 Å². The van der Waals surface area contributed by atoms with Crippen LogP contribution in [0.15, 0.2) is 65.0 Å². The van der Waals surface area contributed by atoms with Crippen LogP contribution in [0.25, 0.3) is 11.3 Å². The minimum atomic E-state index is -0.943. The lowest BCUT2D eigenvalue weighted by Crippen LogP contribution is -2.55. The zero-order chi connectivity index (χ0) is 33.5. The number of amidine groups is 1. The van der Waals surface area contributed by atoms with Crippen LogP contribution in [-0.2, 0) is 9.59 Å². The number of halogens is 2. The van der Waals surface area contributed by atoms with Gasteiger partial charge in [0.1, 0.15) is 28.9 Å². The van der Waals surface area contributed by atoms with Gasteiger partial charge in [0.15, 0.2) is 5.82 Å². The van der Waals surface area contributed by atoms with Crippen molar-refractivity contribution < 1.29 is 27.9 Å². The number of hydrogen-bond donors (Lipinski definition) is 2. The van der Waals surface area contributed by atoms with E-state index in [1.54, 1.807) is 4.90 Å². The first-order chi connectivity index (χ1) is 22.0. The SMILES string of the molecule is C=CC(=O)N1CCN(C(=Nc2c(SC)cccc2C(C)C)c2cc(F)c(-c3c(F)cccc3OC(=O)NC)nc2NC=O)C(C)C1. The smallest absolute Gasteiger partial charge is 0.410 e. The molecule has 10 nitrogen and oxygen atoms in total. The molecule has 0 aliphatic carbocycles. The van der Waals surface area contributed by atoms with Gasteiger partial charge in [-0.1, -0.05) is 38.6 Å². The number of nitrogens with one attached hydrogen (secondary N) is 2. The predicted molar refractivity (Wildman–Crippen MR) is 176 cm³/mol. The Morgan fingerprint density at radius 2 is 1.91 bits per heavy atom. The first-order valence-corrected chi connectivity index (χ1v) is 15.8. The number of carbonyl (C=O) groups is 3. The van der Waals surface area contributed by atoms with Crippen LogP contribution in [0.3, 0.4) is 0 Å². The van der Waals surface area contributed by atoms with E-state index >= 15 is 8.78 Å². The van der Waals surface area contributed by atoms with Gasteiger partial charge in [0.25, 0.3) is 0 Å². The van der Waals surface area contributed by atoms with Crippen molar-refractivity contribution in [1.82, 2.24) is 20.1 Å². The normalized spacial score (nSPS) is 15.0. The van der Waals surface area contributed by atoms with Crippen LogP contribution in [-0.4, -0.2) is 78.0 Å². The summed E-state index contributed by atoms with van der Waals surface area (Å²) in [6.07, 6.45) is 2.69. The van der Waals surface area contributed by atoms with Crippen LogP contribution in [0.2, 0.25) is 0 Å². The molecule has 1 fully saturated rings. The summed E-state index contributed by atoms with van der Waals surface area (Å²) in [5, 5.41) is 4.81. The molecule has 13 heteroatoms. The van der Waals surface area contributed by atoms with Crippen molar-refractivity contribution in [2.24, 2.45) is 4.99 Å². The minimum absolute atomic E-state index is 0.0937. The number of rotatable bonds is 9. The minimum Gasteiger partial charge on any atom is -0.410 e. The van der Waals surface area contributed by atoms with Gasteiger partial charge >= 0.3 is 6.09 Å². The Labute approximate surface area is 270 Å². The maximum Gasteiger partial charge on any atom is 0.412 e. The largest absolute Gasteiger partial charge is 0.412 e. The molecule has 242 valence electrons. The van der Waals surface area contributed by atoms with E-state index < -0.39 is 29.0 Å². The summed E-state index contributed by atoms with van der Waals surface area (Å²) < 4.78 is 36.6. The van der Waals surface area contributed by atoms with Crippen molar-refractivity contribution in [1.29, 1.82) is 0 Å². The van der Waals surface area contributed by atoms with E-state index in [2.05, 4.69) is 22.2 Å². The van der Waals surface area contributed by atoms with E-state index in [9.17, 15) is 14.4 Å². The fraction of sp³-hybridized carbons (Fsp3) is 0.303. The monoisotopic (exact) mass is 650 g/mol. The lowest BCUT2D eigenvalue weighted by atomic mass is 10.0. The van der Waals surface area contributed by atoms with Gasteiger partial charge in [-0.15, -0.1) is 11.8 Å². The molecule has 0 spiro atoms. The summed E-state index contributed by atoms with van der Waals surface area (Å²) in [6, 6.07) is 10.4. The van der Waals surface area contributed by atoms with Crippen molar-refractivity contribution >= 4 is 47.5 Å². The molecule has 1 aliphatic heterocycles. The molecule has 0 saturated carbocycles. The van der Waals surface area contributed by atoms with Crippen molar-refractivity contribution in [2.45, 2.75) is 37.6 Å². The topological polar surface area (TPSA) is 116 Å². The second-order valence-electron chi connectivity index (χ2n) is 10.7. The van der Waals surface area contributed by atoms with E-state index in [0.717, 1.165) is 22.6 Å². The molecule has 1 saturated heterocycles. The summed E-state index contributed by atoms with van der Waals surface area (Å²) in [4.78, 5) is 50.3. The number of hydrogen-bond acceptors (Lipinski definition) is 7. The van der Waals surface area contributed by atoms with Gasteiger partial charge in [-0.25, -0.2) is 23.6 Å². The van der Waals surface area contributed by atoms with Crippen LogP contribution in [0, 0.1) is 11.6 Å². The average molecular weight is 651 g/mol. The summed E-state index contributed by atoms with van der Waals surface area (Å²) in [5.74, 6) is -2.00. The molecule has 0 bridgehead atoms. The number of benzene rings is 2. The Hall–Kier alpha value is -4.78. The predicted octanol–water partition coefficient (Wildman–Crippen LogP) is 5.96. The molecule has 3 aromatic rings. The molecule has 0 radical (unpaired) electrons. The highest BCUT2D eigenvalue weighted by molar-refractivity contribution is 7.98. The third kappa shape index (κ3) is 7.20. The number of nitrogens with zero attached hydrogens (tertiary/aromatic N) is 4. The summed E-state index contributed by atoms with van der Waals surface area (Å²) >= 11 is 1.51. The summed E-state index contributed by atoms with van der Waals surface area (Å²) in [6.45, 7) is 10.6. The molecule has 1 atom stereocenters. The van der Waals surface area contributed by atoms with Gasteiger partial charge in [0, 0.05) is 37.6 Å². The molecule has 1 unspecified atom stereocenters. The van der Waals surface area contributed by atoms with Crippen LogP contribution in [0.1, 0.15) is 37.8 Å². The fourth-order valence-electron chi connectivity index (χ4n) is 5.25. The highest BCUT2D eigenvalue weighted by Crippen LogP contribution is 2.39. The summed E-state index contributed by atoms with van der Waals surface area (Å²) in [5.41, 5.74) is 0.886. The first kappa shape index (κ1) is 34.1. The number of thioether (sulfide) groups is 1. The quantitative estimate of drug-likeness (QED) is 0.0966. The van der Waals surface area contributed by atoms with Gasteiger partial charge in [0.2, 0.25) is 12.3 Å². The number of piperazine rings is 1. The molecule has 46 heavy (non-hydrogen) atoms. The van der Waals surface area contributed by atoms with E-state index in [1.165, 1.54) is 37.0 Å². The van der Waals surface area contributed by atoms with Crippen molar-refractivity contribution in [3.63, 3.8) is 0 Å². The van der Waals surface area contributed by atoms with Gasteiger partial charge < -0.3 is 25.2 Å². The molecule has 1 aliphatic rings. The lowest BCUT2D eigenvalue weighted by molar-refractivity contribution is -0.128. The number of aliphatic imine (C=N–C) groups is 1. The Morgan fingerprint density at radius 3 is 2.54 bits per heavy atom. The van der Waals surface area contributed by atoms with E-state index in [1.807, 2.05) is 50.1 Å². The number of anilines is 1. The zero-order valence-corrected chi connectivity index (χ0v) is 27.1. The van der Waals surface area contributed by atoms with Gasteiger partial charge in [-0.3, -0.25) is 9.59 Å². The van der Waals surface area contributed by atoms with Gasteiger partial charge in [-0.05, 0) is 55.0 Å². The second kappa shape index (κ2) is 15.0. The number of aromatic nitrogens is 1. The standard InChI is InChI=1S/C33H36F2N6O4S/c1-7-27(43)40-14-15-41(20(4)17-40)32(39-29-21(19(2)3)10-8-13-26(29)46-6)22-16-24(35)30(38-31(22)37-18-42)28-23(34)11-9-12-25(28)45-33(44)36-5/h7-13,16,18-20H,1,14-15,17H2,2-6H3,(H,36,44)(H,37,38,42). The van der Waals surface area contributed by atoms with Crippen molar-refractivity contribution in [3.8, 4) is 17.0 Å². The molecule has 2 aromatic carbocycles. The zero-order valence-electron chi connectivity index (χ0n) is 26.3. The van der Waals surface area contributed by atoms with Gasteiger partial charge in [-0.2, -0.15) is 0 Å². The molecule has 2 heterocycles. The van der Waals surface area contributed by atoms with Crippen LogP contribution in [0.5, 0.6) is 5.75 Å². The third-order valence-electron chi connectivity index (χ3n) is 7.51. The number of amides is 3. The van der Waals surface area contributed by atoms with E-state index in [4.69, 9.17) is 9.73 Å². The molecular formula is C33H36F2N6O4S. The number of ether oxygens (including phenoxy) is 1. The Morgan fingerprint density at radius 1 is 1.17 bits per heavy atom. The highest BCUT2D eigenvalue weighted by Gasteiger charge is 2.32. The maximum absolute atomic E-state index is 16.2. The summed E-state index contributed by atoms with van der Waals surface area (Å²) in [7, 11) is 1.33. The fourth-order valence-corrected chi connectivity index (χ4v) is 5.82. The highest BCUT2D eigenvalue weighted by atomic mass is 32.2. The van der Waals surface area contributed by atoms with Crippen LogP contribution >= 0.6 is 11.8 Å². The molecule has 2 N–H and O–H groups in total. The Balaban J connectivity index is 1.99. The first-order valence-electron chi connectivity index (χ1n) is 14.6. The second-order valence-corrected chi connectivity index (χ2v) is 11.6. The van der Waals surface area contributed by atoms with E-state index in [-0.39, 0.29) is 35.0 Å². The molecule has 4 rings (SSSR count). The molecular weight excluding hydrogens is 614 g/mol. The Kier molecular flexibility index (Phi) is 11.1. The maximum atomic E-state index is 16.2. The third-order valence-corrected chi connectivity index (χ3v) is 8.28. The van der Waals surface area contributed by atoms with E-state index in [0.29, 0.717) is 37.6 Å². The number of para-hydroxylation sites is 1. The van der Waals surface area contributed by atoms with Gasteiger partial charge in [0.05, 0.1) is 16.8 Å². The van der Waals surface area contributed by atoms with Crippen molar-refractivity contribution in [2.75, 3.05) is 38.3 Å². The molecule has 1 aromatic heterocycles.